The lowest BCUT2D eigenvalue weighted by atomic mass is 10.2. The predicted octanol–water partition coefficient (Wildman–Crippen LogP) is 3.16. The van der Waals surface area contributed by atoms with Crippen molar-refractivity contribution in [1.29, 1.82) is 0 Å². The number of hydrogen-bond acceptors (Lipinski definition) is 2. The van der Waals surface area contributed by atoms with Crippen LogP contribution in [0.1, 0.15) is 32.6 Å². The van der Waals surface area contributed by atoms with Crippen LogP contribution in [0.5, 0.6) is 0 Å². The first-order valence-corrected chi connectivity index (χ1v) is 5.81. The lowest BCUT2D eigenvalue weighted by Crippen LogP contribution is -2.21. The van der Waals surface area contributed by atoms with Gasteiger partial charge in [-0.2, -0.15) is 5.06 Å². The molecule has 0 saturated heterocycles. The standard InChI is InChI=1S/C13H19NO2/c1-2-3-4-8-11-16-14(12-15)13-9-6-5-7-10-13/h5-7,9-10,12H,2-4,8,11H2,1H3. The van der Waals surface area contributed by atoms with Crippen LogP contribution in [0.3, 0.4) is 0 Å². The Morgan fingerprint density at radius 1 is 1.19 bits per heavy atom. The van der Waals surface area contributed by atoms with E-state index in [1.165, 1.54) is 17.9 Å². The number of unbranched alkanes of at least 4 members (excludes halogenated alkanes) is 3. The van der Waals surface area contributed by atoms with Crippen LogP contribution in [0.4, 0.5) is 5.69 Å². The Kier molecular flexibility index (Phi) is 6.26. The molecule has 1 rings (SSSR count). The van der Waals surface area contributed by atoms with E-state index in [0.29, 0.717) is 13.0 Å². The van der Waals surface area contributed by atoms with Crippen LogP contribution in [-0.2, 0) is 9.63 Å². The molecule has 0 aliphatic heterocycles. The zero-order valence-electron chi connectivity index (χ0n) is 9.76. The van der Waals surface area contributed by atoms with E-state index in [4.69, 9.17) is 4.84 Å². The van der Waals surface area contributed by atoms with Crippen molar-refractivity contribution in [2.75, 3.05) is 11.7 Å². The van der Waals surface area contributed by atoms with Gasteiger partial charge in [0.1, 0.15) is 0 Å². The van der Waals surface area contributed by atoms with Crippen molar-refractivity contribution in [3.05, 3.63) is 30.3 Å². The van der Waals surface area contributed by atoms with Gasteiger partial charge in [0.15, 0.2) is 0 Å². The molecular weight excluding hydrogens is 202 g/mol. The van der Waals surface area contributed by atoms with Gasteiger partial charge in [-0.05, 0) is 18.6 Å². The summed E-state index contributed by atoms with van der Waals surface area (Å²) in [6.07, 6.45) is 5.27. The zero-order valence-corrected chi connectivity index (χ0v) is 9.76. The quantitative estimate of drug-likeness (QED) is 0.383. The maximum Gasteiger partial charge on any atom is 0.238 e. The summed E-state index contributed by atoms with van der Waals surface area (Å²) in [5.41, 5.74) is 0.771. The molecule has 1 amide bonds. The Hall–Kier alpha value is -1.35. The molecule has 0 aliphatic rings. The van der Waals surface area contributed by atoms with E-state index in [9.17, 15) is 4.79 Å². The number of anilines is 1. The Labute approximate surface area is 97.0 Å². The molecule has 0 atom stereocenters. The van der Waals surface area contributed by atoms with Gasteiger partial charge in [-0.1, -0.05) is 44.4 Å². The van der Waals surface area contributed by atoms with E-state index in [2.05, 4.69) is 6.92 Å². The van der Waals surface area contributed by atoms with Gasteiger partial charge in [0.25, 0.3) is 0 Å². The molecule has 88 valence electrons. The summed E-state index contributed by atoms with van der Waals surface area (Å²) in [5, 5.41) is 1.28. The third-order valence-electron chi connectivity index (χ3n) is 2.33. The number of hydroxylamine groups is 1. The van der Waals surface area contributed by atoms with Crippen LogP contribution in [0.15, 0.2) is 30.3 Å². The number of rotatable bonds is 8. The van der Waals surface area contributed by atoms with Crippen molar-refractivity contribution in [1.82, 2.24) is 0 Å². The van der Waals surface area contributed by atoms with Gasteiger partial charge in [0, 0.05) is 0 Å². The van der Waals surface area contributed by atoms with E-state index in [-0.39, 0.29) is 0 Å². The van der Waals surface area contributed by atoms with Crippen molar-refractivity contribution in [3.8, 4) is 0 Å². The average Bonchev–Trinajstić information content (AvgIpc) is 2.35. The highest BCUT2D eigenvalue weighted by atomic mass is 16.7. The molecule has 0 unspecified atom stereocenters. The SMILES string of the molecule is CCCCCCON(C=O)c1ccccc1. The highest BCUT2D eigenvalue weighted by Gasteiger charge is 2.03. The van der Waals surface area contributed by atoms with Gasteiger partial charge < -0.3 is 0 Å². The minimum Gasteiger partial charge on any atom is -0.276 e. The third kappa shape index (κ3) is 4.45. The first-order valence-electron chi connectivity index (χ1n) is 5.81. The summed E-state index contributed by atoms with van der Waals surface area (Å²) < 4.78 is 0. The number of para-hydroxylation sites is 1. The minimum atomic E-state index is 0.591. The Balaban J connectivity index is 2.30. The van der Waals surface area contributed by atoms with Gasteiger partial charge in [-0.3, -0.25) is 9.63 Å². The molecule has 1 aromatic carbocycles. The first kappa shape index (κ1) is 12.7. The largest absolute Gasteiger partial charge is 0.276 e. The normalized spacial score (nSPS) is 10.1. The fourth-order valence-electron chi connectivity index (χ4n) is 1.43. The van der Waals surface area contributed by atoms with E-state index >= 15 is 0 Å². The first-order chi connectivity index (χ1) is 7.88. The topological polar surface area (TPSA) is 29.5 Å². The summed E-state index contributed by atoms with van der Waals surface area (Å²) in [4.78, 5) is 16.2. The maximum absolute atomic E-state index is 10.8. The zero-order chi connectivity index (χ0) is 11.6. The molecule has 0 bridgehead atoms. The molecule has 3 heteroatoms. The molecule has 0 spiro atoms. The number of benzene rings is 1. The van der Waals surface area contributed by atoms with Crippen LogP contribution in [0.25, 0.3) is 0 Å². The lowest BCUT2D eigenvalue weighted by Gasteiger charge is -2.16. The van der Waals surface area contributed by atoms with Gasteiger partial charge in [0.2, 0.25) is 6.41 Å². The summed E-state index contributed by atoms with van der Waals surface area (Å²) >= 11 is 0. The van der Waals surface area contributed by atoms with Crippen LogP contribution >= 0.6 is 0 Å². The predicted molar refractivity (Wildman–Crippen MR) is 65.1 cm³/mol. The molecule has 0 radical (unpaired) electrons. The molecule has 0 heterocycles. The van der Waals surface area contributed by atoms with Crippen LogP contribution in [0, 0.1) is 0 Å². The Bertz CT molecular complexity index is 287. The van der Waals surface area contributed by atoms with Crippen molar-refractivity contribution in [2.24, 2.45) is 0 Å². The van der Waals surface area contributed by atoms with E-state index in [0.717, 1.165) is 18.5 Å². The van der Waals surface area contributed by atoms with Crippen molar-refractivity contribution < 1.29 is 9.63 Å². The van der Waals surface area contributed by atoms with Gasteiger partial charge >= 0.3 is 0 Å². The highest BCUT2D eigenvalue weighted by Crippen LogP contribution is 2.12. The molecule has 0 N–H and O–H groups in total. The fraction of sp³-hybridized carbons (Fsp3) is 0.462. The second-order valence-corrected chi connectivity index (χ2v) is 3.66. The second kappa shape index (κ2) is 7.88. The highest BCUT2D eigenvalue weighted by molar-refractivity contribution is 5.71. The van der Waals surface area contributed by atoms with Crippen molar-refractivity contribution in [3.63, 3.8) is 0 Å². The number of nitrogens with zero attached hydrogens (tertiary/aromatic N) is 1. The second-order valence-electron chi connectivity index (χ2n) is 3.66. The Morgan fingerprint density at radius 2 is 1.94 bits per heavy atom. The smallest absolute Gasteiger partial charge is 0.238 e. The molecule has 0 aromatic heterocycles. The summed E-state index contributed by atoms with van der Waals surface area (Å²) in [7, 11) is 0. The van der Waals surface area contributed by atoms with E-state index < -0.39 is 0 Å². The van der Waals surface area contributed by atoms with E-state index in [1.807, 2.05) is 30.3 Å². The monoisotopic (exact) mass is 221 g/mol. The lowest BCUT2D eigenvalue weighted by molar-refractivity contribution is -0.114. The summed E-state index contributed by atoms with van der Waals surface area (Å²) in [6, 6.07) is 9.37. The number of carbonyl (C=O) groups excluding carboxylic acids is 1. The maximum atomic E-state index is 10.8. The molecule has 1 aromatic rings. The van der Waals surface area contributed by atoms with Gasteiger partial charge in [-0.25, -0.2) is 0 Å². The van der Waals surface area contributed by atoms with Gasteiger partial charge in [-0.15, -0.1) is 0 Å². The van der Waals surface area contributed by atoms with Crippen molar-refractivity contribution in [2.45, 2.75) is 32.6 Å². The number of hydrogen-bond donors (Lipinski definition) is 0. The Morgan fingerprint density at radius 3 is 2.56 bits per heavy atom. The van der Waals surface area contributed by atoms with E-state index in [1.54, 1.807) is 0 Å². The van der Waals surface area contributed by atoms with Crippen LogP contribution < -0.4 is 5.06 Å². The average molecular weight is 221 g/mol. The number of amides is 1. The van der Waals surface area contributed by atoms with Crippen LogP contribution in [0.2, 0.25) is 0 Å². The van der Waals surface area contributed by atoms with Gasteiger partial charge in [0.05, 0.1) is 12.3 Å². The molecule has 0 fully saturated rings. The molecule has 0 aliphatic carbocycles. The summed E-state index contributed by atoms with van der Waals surface area (Å²) in [6.45, 7) is 2.76. The molecular formula is C13H19NO2. The molecule has 3 nitrogen and oxygen atoms in total. The third-order valence-corrected chi connectivity index (χ3v) is 2.33. The summed E-state index contributed by atoms with van der Waals surface area (Å²) in [5.74, 6) is 0. The molecule has 0 saturated carbocycles. The molecule has 16 heavy (non-hydrogen) atoms. The minimum absolute atomic E-state index is 0.591. The fourth-order valence-corrected chi connectivity index (χ4v) is 1.43. The number of carbonyl (C=O) groups is 1. The van der Waals surface area contributed by atoms with Crippen LogP contribution in [-0.4, -0.2) is 13.0 Å². The van der Waals surface area contributed by atoms with Crippen molar-refractivity contribution >= 4 is 12.1 Å².